The SMILES string of the molecule is CC(C)(C)CCN1CCN(CCC(C)(C)C)CCN(CCC(C)(C)C)CCN(CCC(C)(C)C)CC1. The zero-order chi connectivity index (χ0) is 27.6. The molecule has 36 heavy (non-hydrogen) atoms. The molecule has 4 nitrogen and oxygen atoms in total. The molecule has 0 radical (unpaired) electrons. The molecule has 0 saturated carbocycles. The van der Waals surface area contributed by atoms with E-state index in [1.807, 2.05) is 0 Å². The molecule has 216 valence electrons. The second kappa shape index (κ2) is 14.8. The van der Waals surface area contributed by atoms with Crippen LogP contribution in [0.3, 0.4) is 0 Å². The van der Waals surface area contributed by atoms with Crippen LogP contribution in [-0.4, -0.2) is 98.1 Å². The minimum absolute atomic E-state index is 0.398. The first-order chi connectivity index (χ1) is 16.3. The number of hydrogen-bond acceptors (Lipinski definition) is 4. The molecule has 1 heterocycles. The highest BCUT2D eigenvalue weighted by Crippen LogP contribution is 2.22. The third-order valence-corrected chi connectivity index (χ3v) is 7.64. The molecule has 4 heteroatoms. The van der Waals surface area contributed by atoms with Crippen molar-refractivity contribution < 1.29 is 0 Å². The van der Waals surface area contributed by atoms with E-state index in [1.54, 1.807) is 0 Å². The molecule has 0 aliphatic carbocycles. The van der Waals surface area contributed by atoms with Gasteiger partial charge in [0.15, 0.2) is 0 Å². The fourth-order valence-electron chi connectivity index (χ4n) is 4.45. The monoisotopic (exact) mass is 509 g/mol. The molecule has 1 fully saturated rings. The highest BCUT2D eigenvalue weighted by molar-refractivity contribution is 4.77. The van der Waals surface area contributed by atoms with Gasteiger partial charge in [0.1, 0.15) is 0 Å². The summed E-state index contributed by atoms with van der Waals surface area (Å²) in [5.74, 6) is 0. The molecular formula is C32H68N4. The Morgan fingerprint density at radius 1 is 0.306 bits per heavy atom. The van der Waals surface area contributed by atoms with Crippen molar-refractivity contribution in [2.24, 2.45) is 21.7 Å². The Balaban J connectivity index is 2.99. The molecule has 1 aliphatic heterocycles. The van der Waals surface area contributed by atoms with E-state index in [0.717, 1.165) is 0 Å². The van der Waals surface area contributed by atoms with E-state index in [0.29, 0.717) is 21.7 Å². The fraction of sp³-hybridized carbons (Fsp3) is 1.00. The Morgan fingerprint density at radius 3 is 0.556 bits per heavy atom. The number of nitrogens with zero attached hydrogens (tertiary/aromatic N) is 4. The van der Waals surface area contributed by atoms with Crippen LogP contribution in [0.5, 0.6) is 0 Å². The minimum Gasteiger partial charge on any atom is -0.301 e. The normalized spacial score (nSPS) is 20.3. The number of hydrogen-bond donors (Lipinski definition) is 0. The topological polar surface area (TPSA) is 13.0 Å². The average molecular weight is 509 g/mol. The largest absolute Gasteiger partial charge is 0.301 e. The van der Waals surface area contributed by atoms with E-state index in [-0.39, 0.29) is 0 Å². The van der Waals surface area contributed by atoms with Gasteiger partial charge in [0, 0.05) is 52.4 Å². The molecule has 1 saturated heterocycles. The lowest BCUT2D eigenvalue weighted by Gasteiger charge is -2.37. The van der Waals surface area contributed by atoms with Crippen LogP contribution in [-0.2, 0) is 0 Å². The standard InChI is InChI=1S/C32H68N4/c1-29(2,3)13-17-33-21-23-34(18-14-30(4,5)6)25-27-36(20-16-32(10,11)12)28-26-35(24-22-33)19-15-31(7,8)9/h13-28H2,1-12H3. The molecule has 1 aliphatic rings. The highest BCUT2D eigenvalue weighted by atomic mass is 15.3. The van der Waals surface area contributed by atoms with Gasteiger partial charge < -0.3 is 19.6 Å². The first kappa shape index (κ1) is 33.9. The van der Waals surface area contributed by atoms with Crippen molar-refractivity contribution in [1.82, 2.24) is 19.6 Å². The molecule has 0 amide bonds. The van der Waals surface area contributed by atoms with E-state index in [1.165, 1.54) is 104 Å². The van der Waals surface area contributed by atoms with Crippen molar-refractivity contribution in [3.05, 3.63) is 0 Å². The van der Waals surface area contributed by atoms with E-state index >= 15 is 0 Å². The van der Waals surface area contributed by atoms with Crippen molar-refractivity contribution in [1.29, 1.82) is 0 Å². The third-order valence-electron chi connectivity index (χ3n) is 7.64. The summed E-state index contributed by atoms with van der Waals surface area (Å²) < 4.78 is 0. The van der Waals surface area contributed by atoms with Crippen LogP contribution in [0, 0.1) is 21.7 Å². The van der Waals surface area contributed by atoms with Gasteiger partial charge in [-0.2, -0.15) is 0 Å². The van der Waals surface area contributed by atoms with Crippen LogP contribution in [0.25, 0.3) is 0 Å². The molecule has 0 N–H and O–H groups in total. The molecule has 0 aromatic heterocycles. The molecule has 0 atom stereocenters. The van der Waals surface area contributed by atoms with Crippen molar-refractivity contribution >= 4 is 0 Å². The summed E-state index contributed by atoms with van der Waals surface area (Å²) in [6.45, 7) is 43.2. The van der Waals surface area contributed by atoms with Crippen LogP contribution < -0.4 is 0 Å². The van der Waals surface area contributed by atoms with Crippen LogP contribution in [0.15, 0.2) is 0 Å². The average Bonchev–Trinajstić information content (AvgIpc) is 2.68. The zero-order valence-corrected chi connectivity index (χ0v) is 27.1. The van der Waals surface area contributed by atoms with Gasteiger partial charge >= 0.3 is 0 Å². The summed E-state index contributed by atoms with van der Waals surface area (Å²) in [5.41, 5.74) is 1.59. The van der Waals surface area contributed by atoms with Gasteiger partial charge in [-0.05, 0) is 73.5 Å². The Hall–Kier alpha value is -0.160. The quantitative estimate of drug-likeness (QED) is 0.351. The summed E-state index contributed by atoms with van der Waals surface area (Å²) in [6, 6.07) is 0. The molecule has 0 spiro atoms. The van der Waals surface area contributed by atoms with E-state index in [4.69, 9.17) is 0 Å². The summed E-state index contributed by atoms with van der Waals surface area (Å²) in [7, 11) is 0. The predicted molar refractivity (Wildman–Crippen MR) is 162 cm³/mol. The van der Waals surface area contributed by atoms with Gasteiger partial charge in [0.25, 0.3) is 0 Å². The molecule has 0 aromatic carbocycles. The molecule has 0 aromatic rings. The smallest absolute Gasteiger partial charge is 0.0110 e. The van der Waals surface area contributed by atoms with Crippen molar-refractivity contribution in [2.45, 2.75) is 109 Å². The minimum atomic E-state index is 0.398. The maximum atomic E-state index is 2.78. The summed E-state index contributed by atoms with van der Waals surface area (Å²) in [6.07, 6.45) is 5.10. The van der Waals surface area contributed by atoms with Crippen molar-refractivity contribution in [3.8, 4) is 0 Å². The van der Waals surface area contributed by atoms with Gasteiger partial charge in [0.05, 0.1) is 0 Å². The lowest BCUT2D eigenvalue weighted by molar-refractivity contribution is 0.112. The second-order valence-electron chi connectivity index (χ2n) is 16.6. The maximum Gasteiger partial charge on any atom is 0.0110 e. The van der Waals surface area contributed by atoms with Gasteiger partial charge in [-0.3, -0.25) is 0 Å². The van der Waals surface area contributed by atoms with Gasteiger partial charge in [-0.25, -0.2) is 0 Å². The predicted octanol–water partition coefficient (Wildman–Crippen LogP) is 6.95. The zero-order valence-electron chi connectivity index (χ0n) is 27.1. The van der Waals surface area contributed by atoms with Gasteiger partial charge in [0.2, 0.25) is 0 Å². The van der Waals surface area contributed by atoms with Crippen molar-refractivity contribution in [2.75, 3.05) is 78.5 Å². The Labute approximate surface area is 228 Å². The Bertz CT molecular complexity index is 453. The van der Waals surface area contributed by atoms with E-state index in [2.05, 4.69) is 103 Å². The van der Waals surface area contributed by atoms with Crippen LogP contribution in [0.2, 0.25) is 0 Å². The van der Waals surface area contributed by atoms with Crippen LogP contribution >= 0.6 is 0 Å². The van der Waals surface area contributed by atoms with Gasteiger partial charge in [-0.15, -0.1) is 0 Å². The molecule has 0 bridgehead atoms. The highest BCUT2D eigenvalue weighted by Gasteiger charge is 2.22. The Morgan fingerprint density at radius 2 is 0.444 bits per heavy atom. The first-order valence-electron chi connectivity index (χ1n) is 15.2. The first-order valence-corrected chi connectivity index (χ1v) is 15.2. The summed E-state index contributed by atoms with van der Waals surface area (Å²) in [5, 5.41) is 0. The molecule has 1 rings (SSSR count). The second-order valence-corrected chi connectivity index (χ2v) is 16.6. The number of rotatable bonds is 8. The fourth-order valence-corrected chi connectivity index (χ4v) is 4.45. The molecular weight excluding hydrogens is 440 g/mol. The Kier molecular flexibility index (Phi) is 14.0. The maximum absolute atomic E-state index is 2.78. The third kappa shape index (κ3) is 19.0. The van der Waals surface area contributed by atoms with Crippen LogP contribution in [0.1, 0.15) is 109 Å². The lowest BCUT2D eigenvalue weighted by atomic mass is 9.91. The lowest BCUT2D eigenvalue weighted by Crippen LogP contribution is -2.47. The molecule has 0 unspecified atom stereocenters. The van der Waals surface area contributed by atoms with Crippen molar-refractivity contribution in [3.63, 3.8) is 0 Å². The summed E-state index contributed by atoms with van der Waals surface area (Å²) >= 11 is 0. The summed E-state index contributed by atoms with van der Waals surface area (Å²) in [4.78, 5) is 11.1. The van der Waals surface area contributed by atoms with E-state index in [9.17, 15) is 0 Å². The van der Waals surface area contributed by atoms with Crippen LogP contribution in [0.4, 0.5) is 0 Å². The van der Waals surface area contributed by atoms with Gasteiger partial charge in [-0.1, -0.05) is 83.1 Å². The van der Waals surface area contributed by atoms with E-state index < -0.39 is 0 Å².